The molecule has 0 heterocycles. The number of halogens is 2. The van der Waals surface area contributed by atoms with Gasteiger partial charge < -0.3 is 4.74 Å². The lowest BCUT2D eigenvalue weighted by Gasteiger charge is -2.32. The van der Waals surface area contributed by atoms with E-state index in [1.54, 1.807) is 0 Å². The van der Waals surface area contributed by atoms with Crippen LogP contribution in [0.1, 0.15) is 75.3 Å². The zero-order valence-corrected chi connectivity index (χ0v) is 21.5. The number of hydrogen-bond donors (Lipinski definition) is 0. The van der Waals surface area contributed by atoms with Crippen molar-refractivity contribution in [3.05, 3.63) is 70.3 Å². The van der Waals surface area contributed by atoms with Crippen LogP contribution in [-0.2, 0) is 11.2 Å². The van der Waals surface area contributed by atoms with Crippen LogP contribution < -0.4 is 0 Å². The van der Waals surface area contributed by atoms with Gasteiger partial charge in [0, 0.05) is 31.8 Å². The molecule has 0 aliphatic carbocycles. The Morgan fingerprint density at radius 1 is 0.818 bits per heavy atom. The van der Waals surface area contributed by atoms with E-state index in [9.17, 15) is 8.78 Å². The number of aryl methyl sites for hydroxylation is 2. The van der Waals surface area contributed by atoms with Crippen LogP contribution in [0, 0.1) is 37.3 Å². The summed E-state index contributed by atoms with van der Waals surface area (Å²) in [4.78, 5) is 2.55. The molecule has 0 aromatic heterocycles. The first-order valence-electron chi connectivity index (χ1n) is 12.6. The Hall–Kier alpha value is -1.78. The number of hydrogen-bond acceptors (Lipinski definition) is 2. The van der Waals surface area contributed by atoms with Crippen molar-refractivity contribution in [2.45, 2.75) is 73.3 Å². The van der Waals surface area contributed by atoms with Gasteiger partial charge in [-0.1, -0.05) is 64.8 Å². The summed E-state index contributed by atoms with van der Waals surface area (Å²) in [6, 6.07) is 10.4. The molecule has 0 N–H and O–H groups in total. The van der Waals surface area contributed by atoms with E-state index in [0.29, 0.717) is 31.3 Å². The Morgan fingerprint density at radius 3 is 1.85 bits per heavy atom. The van der Waals surface area contributed by atoms with Gasteiger partial charge in [0.1, 0.15) is 11.6 Å². The minimum Gasteiger partial charge on any atom is -0.372 e. The van der Waals surface area contributed by atoms with Crippen LogP contribution in [0.15, 0.2) is 36.4 Å². The van der Waals surface area contributed by atoms with Crippen LogP contribution in [0.3, 0.4) is 0 Å². The summed E-state index contributed by atoms with van der Waals surface area (Å²) in [5.41, 5.74) is 3.85. The lowest BCUT2D eigenvalue weighted by atomic mass is 9.96. The molecule has 3 atom stereocenters. The van der Waals surface area contributed by atoms with Gasteiger partial charge >= 0.3 is 0 Å². The smallest absolute Gasteiger partial charge is 0.129 e. The molecule has 33 heavy (non-hydrogen) atoms. The topological polar surface area (TPSA) is 12.5 Å². The van der Waals surface area contributed by atoms with E-state index < -0.39 is 11.6 Å². The monoisotopic (exact) mass is 459 g/mol. The second-order valence-electron chi connectivity index (χ2n) is 9.71. The molecular weight excluding hydrogens is 416 g/mol. The fraction of sp³-hybridized carbons (Fsp3) is 0.586. The standard InChI is InChI=1S/C29H43F2NO/c1-7-21(3)18-32(19-22(4)8-2)20-28(29-23(5)12-9-13-24(29)6)33-17-11-14-25-26(30)15-10-16-27(25)31/h9-10,12-13,15-16,21-22,28H,7-8,11,14,17-20H2,1-6H3. The zero-order valence-electron chi connectivity index (χ0n) is 21.5. The molecule has 0 radical (unpaired) electrons. The van der Waals surface area contributed by atoms with Crippen molar-refractivity contribution >= 4 is 0 Å². The molecule has 2 aromatic carbocycles. The van der Waals surface area contributed by atoms with Gasteiger partial charge in [-0.05, 0) is 67.3 Å². The Morgan fingerprint density at radius 2 is 1.33 bits per heavy atom. The minimum absolute atomic E-state index is 0.0650. The zero-order chi connectivity index (χ0) is 24.4. The normalized spacial score (nSPS) is 14.5. The van der Waals surface area contributed by atoms with Crippen molar-refractivity contribution in [3.8, 4) is 0 Å². The maximum Gasteiger partial charge on any atom is 0.129 e. The van der Waals surface area contributed by atoms with Crippen LogP contribution in [0.25, 0.3) is 0 Å². The molecule has 0 saturated heterocycles. The number of nitrogens with zero attached hydrogens (tertiary/aromatic N) is 1. The molecule has 2 aromatic rings. The summed E-state index contributed by atoms with van der Waals surface area (Å²) < 4.78 is 34.5. The van der Waals surface area contributed by atoms with Gasteiger partial charge in [-0.2, -0.15) is 0 Å². The quantitative estimate of drug-likeness (QED) is 0.269. The van der Waals surface area contributed by atoms with Crippen LogP contribution >= 0.6 is 0 Å². The lowest BCUT2D eigenvalue weighted by molar-refractivity contribution is 0.0164. The van der Waals surface area contributed by atoms with Gasteiger partial charge in [0.05, 0.1) is 6.10 Å². The summed E-state index contributed by atoms with van der Waals surface area (Å²) in [7, 11) is 0. The maximum absolute atomic E-state index is 14.0. The van der Waals surface area contributed by atoms with Crippen LogP contribution in [-0.4, -0.2) is 31.1 Å². The van der Waals surface area contributed by atoms with Gasteiger partial charge in [-0.3, -0.25) is 4.90 Å². The average molecular weight is 460 g/mol. The van der Waals surface area contributed by atoms with Gasteiger partial charge in [0.25, 0.3) is 0 Å². The second-order valence-corrected chi connectivity index (χ2v) is 9.71. The SMILES string of the molecule is CCC(C)CN(CC(C)CC)CC(OCCCc1c(F)cccc1F)c1c(C)cccc1C. The Kier molecular flexibility index (Phi) is 11.5. The Balaban J connectivity index is 2.16. The molecule has 0 aliphatic heterocycles. The van der Waals surface area contributed by atoms with E-state index in [0.717, 1.165) is 32.5 Å². The molecule has 0 saturated carbocycles. The fourth-order valence-electron chi connectivity index (χ4n) is 4.41. The summed E-state index contributed by atoms with van der Waals surface area (Å²) in [5.74, 6) is 0.289. The first-order valence-corrected chi connectivity index (χ1v) is 12.6. The van der Waals surface area contributed by atoms with Crippen molar-refractivity contribution < 1.29 is 13.5 Å². The molecule has 2 rings (SSSR count). The third-order valence-electron chi connectivity index (χ3n) is 6.77. The maximum atomic E-state index is 14.0. The highest BCUT2D eigenvalue weighted by Crippen LogP contribution is 2.27. The largest absolute Gasteiger partial charge is 0.372 e. The lowest BCUT2D eigenvalue weighted by Crippen LogP contribution is -2.37. The van der Waals surface area contributed by atoms with Crippen LogP contribution in [0.2, 0.25) is 0 Å². The van der Waals surface area contributed by atoms with Gasteiger partial charge in [0.2, 0.25) is 0 Å². The highest BCUT2D eigenvalue weighted by atomic mass is 19.1. The number of rotatable bonds is 14. The molecular formula is C29H43F2NO. The summed E-state index contributed by atoms with van der Waals surface area (Å²) in [6.45, 7) is 16.8. The summed E-state index contributed by atoms with van der Waals surface area (Å²) in [5, 5.41) is 0. The van der Waals surface area contributed by atoms with E-state index in [2.05, 4.69) is 64.6 Å². The molecule has 184 valence electrons. The van der Waals surface area contributed by atoms with Crippen molar-refractivity contribution in [3.63, 3.8) is 0 Å². The van der Waals surface area contributed by atoms with Crippen LogP contribution in [0.5, 0.6) is 0 Å². The van der Waals surface area contributed by atoms with Crippen molar-refractivity contribution in [1.29, 1.82) is 0 Å². The summed E-state index contributed by atoms with van der Waals surface area (Å²) >= 11 is 0. The molecule has 3 unspecified atom stereocenters. The minimum atomic E-state index is -0.477. The predicted molar refractivity (Wildman–Crippen MR) is 135 cm³/mol. The molecule has 2 nitrogen and oxygen atoms in total. The van der Waals surface area contributed by atoms with Crippen LogP contribution in [0.4, 0.5) is 8.78 Å². The number of ether oxygens (including phenoxy) is 1. The summed E-state index contributed by atoms with van der Waals surface area (Å²) in [6.07, 6.45) is 3.15. The van der Waals surface area contributed by atoms with Gasteiger partial charge in [-0.25, -0.2) is 8.78 Å². The Labute approximate surface area is 200 Å². The fourth-order valence-corrected chi connectivity index (χ4v) is 4.41. The molecule has 0 bridgehead atoms. The number of benzene rings is 2. The first kappa shape index (κ1) is 27.5. The molecule has 0 amide bonds. The second kappa shape index (κ2) is 13.8. The van der Waals surface area contributed by atoms with Crippen molar-refractivity contribution in [2.24, 2.45) is 11.8 Å². The van der Waals surface area contributed by atoms with E-state index in [1.807, 2.05) is 0 Å². The van der Waals surface area contributed by atoms with E-state index in [-0.39, 0.29) is 11.7 Å². The van der Waals surface area contributed by atoms with Crippen molar-refractivity contribution in [2.75, 3.05) is 26.2 Å². The van der Waals surface area contributed by atoms with E-state index in [4.69, 9.17) is 4.74 Å². The molecule has 0 fully saturated rings. The molecule has 0 spiro atoms. The predicted octanol–water partition coefficient (Wildman–Crippen LogP) is 7.67. The molecule has 4 heteroatoms. The molecule has 0 aliphatic rings. The van der Waals surface area contributed by atoms with Gasteiger partial charge in [0.15, 0.2) is 0 Å². The van der Waals surface area contributed by atoms with E-state index >= 15 is 0 Å². The Bertz CT molecular complexity index is 801. The highest BCUT2D eigenvalue weighted by Gasteiger charge is 2.22. The highest BCUT2D eigenvalue weighted by molar-refractivity contribution is 5.35. The van der Waals surface area contributed by atoms with Gasteiger partial charge in [-0.15, -0.1) is 0 Å². The third kappa shape index (κ3) is 8.50. The average Bonchev–Trinajstić information content (AvgIpc) is 2.77. The van der Waals surface area contributed by atoms with E-state index in [1.165, 1.54) is 34.9 Å². The third-order valence-corrected chi connectivity index (χ3v) is 6.77. The van der Waals surface area contributed by atoms with Crippen molar-refractivity contribution in [1.82, 2.24) is 4.90 Å². The first-order chi connectivity index (χ1) is 15.8.